The normalized spacial score (nSPS) is 12.8. The molecule has 1 aliphatic rings. The Morgan fingerprint density at radius 1 is 1.14 bits per heavy atom. The molecule has 0 unspecified atom stereocenters. The van der Waals surface area contributed by atoms with Crippen molar-refractivity contribution in [1.29, 1.82) is 0 Å². The number of carbonyl (C=O) groups excluding carboxylic acids is 3. The first kappa shape index (κ1) is 18.4. The molecule has 1 N–H and O–H groups in total. The molecule has 9 nitrogen and oxygen atoms in total. The maximum Gasteiger partial charge on any atom is 0.345 e. The summed E-state index contributed by atoms with van der Waals surface area (Å²) in [4.78, 5) is 53.0. The van der Waals surface area contributed by atoms with Gasteiger partial charge in [-0.15, -0.1) is 0 Å². The lowest BCUT2D eigenvalue weighted by atomic mass is 10.1. The fourth-order valence-corrected chi connectivity index (χ4v) is 3.62. The average molecular weight is 408 g/mol. The molecule has 0 atom stereocenters. The molecule has 1 aromatic heterocycles. The van der Waals surface area contributed by atoms with E-state index in [1.165, 1.54) is 18.2 Å². The molecule has 0 bridgehead atoms. The van der Waals surface area contributed by atoms with Gasteiger partial charge in [-0.2, -0.15) is 0 Å². The van der Waals surface area contributed by atoms with Crippen LogP contribution in [0.5, 0.6) is 0 Å². The van der Waals surface area contributed by atoms with E-state index in [1.54, 1.807) is 25.1 Å². The summed E-state index contributed by atoms with van der Waals surface area (Å²) in [6, 6.07) is 11.2. The summed E-state index contributed by atoms with van der Waals surface area (Å²) in [5.74, 6) is -1.56. The number of para-hydroxylation sites is 1. The molecule has 2 aromatic carbocycles. The Labute approximate surface area is 167 Å². The van der Waals surface area contributed by atoms with Crippen molar-refractivity contribution in [3.63, 3.8) is 0 Å². The van der Waals surface area contributed by atoms with E-state index in [-0.39, 0.29) is 26.8 Å². The molecule has 2 heterocycles. The molecule has 0 radical (unpaired) electrons. The lowest BCUT2D eigenvalue weighted by Gasteiger charge is -2.16. The number of amides is 3. The zero-order chi connectivity index (χ0) is 20.7. The van der Waals surface area contributed by atoms with Gasteiger partial charge in [0.1, 0.15) is 6.20 Å². The molecule has 4 rings (SSSR count). The summed E-state index contributed by atoms with van der Waals surface area (Å²) < 4.78 is 0. The first-order chi connectivity index (χ1) is 13.9. The van der Waals surface area contributed by atoms with Crippen molar-refractivity contribution in [2.45, 2.75) is 6.92 Å². The fraction of sp³-hybridized carbons (Fsp3) is 0.0526. The Morgan fingerprint density at radius 3 is 2.55 bits per heavy atom. The van der Waals surface area contributed by atoms with E-state index in [9.17, 15) is 24.5 Å². The molecular weight excluding hydrogens is 396 g/mol. The Morgan fingerprint density at radius 2 is 1.86 bits per heavy atom. The molecule has 3 amide bonds. The molecule has 0 spiro atoms. The summed E-state index contributed by atoms with van der Waals surface area (Å²) in [6.07, 6.45) is 1.05. The Bertz CT molecular complexity index is 1200. The standard InChI is InChI=1S/C19H12N4O5S/c1-10-4-2-3-5-14(10)22-17(25)12-7-6-11(8-13(12)18(22)26)16(24)21-19-20-9-15(29-19)23(27)28/h2-9H,1H3,(H,20,21,24). The van der Waals surface area contributed by atoms with Crippen LogP contribution in [0.2, 0.25) is 0 Å². The van der Waals surface area contributed by atoms with Crippen LogP contribution < -0.4 is 10.2 Å². The number of hydrogen-bond donors (Lipinski definition) is 1. The molecule has 0 saturated carbocycles. The predicted octanol–water partition coefficient (Wildman–Crippen LogP) is 3.41. The molecular formula is C19H12N4O5S. The van der Waals surface area contributed by atoms with Crippen LogP contribution in [0, 0.1) is 17.0 Å². The first-order valence-corrected chi connectivity index (χ1v) is 9.18. The first-order valence-electron chi connectivity index (χ1n) is 8.37. The quantitative estimate of drug-likeness (QED) is 0.401. The number of nitro groups is 1. The Kier molecular flexibility index (Phi) is 4.40. The fourth-order valence-electron chi connectivity index (χ4n) is 2.99. The smallest absolute Gasteiger partial charge is 0.298 e. The van der Waals surface area contributed by atoms with Crippen LogP contribution in [0.1, 0.15) is 36.6 Å². The van der Waals surface area contributed by atoms with Gasteiger partial charge in [0, 0.05) is 5.56 Å². The van der Waals surface area contributed by atoms with Gasteiger partial charge in [0.05, 0.1) is 21.7 Å². The third-order valence-electron chi connectivity index (χ3n) is 4.40. The second-order valence-corrected chi connectivity index (χ2v) is 7.22. The molecule has 10 heteroatoms. The SMILES string of the molecule is Cc1ccccc1N1C(=O)c2ccc(C(=O)Nc3ncc([N+](=O)[O-])s3)cc2C1=O. The van der Waals surface area contributed by atoms with Crippen LogP contribution in [0.4, 0.5) is 15.8 Å². The number of thiazole rings is 1. The molecule has 0 aliphatic carbocycles. The maximum atomic E-state index is 12.9. The number of aryl methyl sites for hydroxylation is 1. The Hall–Kier alpha value is -3.92. The zero-order valence-electron chi connectivity index (χ0n) is 14.9. The summed E-state index contributed by atoms with van der Waals surface area (Å²) in [5, 5.41) is 13.0. The second-order valence-electron chi connectivity index (χ2n) is 6.21. The highest BCUT2D eigenvalue weighted by Gasteiger charge is 2.37. The van der Waals surface area contributed by atoms with Gasteiger partial charge in [0.25, 0.3) is 17.7 Å². The third kappa shape index (κ3) is 3.15. The van der Waals surface area contributed by atoms with Crippen LogP contribution in [-0.2, 0) is 0 Å². The number of imide groups is 1. The summed E-state index contributed by atoms with van der Waals surface area (Å²) in [6.45, 7) is 1.80. The van der Waals surface area contributed by atoms with Crippen LogP contribution in [0.15, 0.2) is 48.7 Å². The third-order valence-corrected chi connectivity index (χ3v) is 5.26. The van der Waals surface area contributed by atoms with Crippen LogP contribution >= 0.6 is 11.3 Å². The van der Waals surface area contributed by atoms with E-state index >= 15 is 0 Å². The molecule has 144 valence electrons. The van der Waals surface area contributed by atoms with Crippen molar-refractivity contribution in [2.24, 2.45) is 0 Å². The largest absolute Gasteiger partial charge is 0.345 e. The number of nitrogens with zero attached hydrogens (tertiary/aromatic N) is 3. The van der Waals surface area contributed by atoms with E-state index in [4.69, 9.17) is 0 Å². The molecule has 0 saturated heterocycles. The number of anilines is 2. The number of aromatic nitrogens is 1. The number of fused-ring (bicyclic) bond motifs is 1. The lowest BCUT2D eigenvalue weighted by Crippen LogP contribution is -2.29. The molecule has 1 aliphatic heterocycles. The highest BCUT2D eigenvalue weighted by atomic mass is 32.1. The number of carbonyl (C=O) groups is 3. The van der Waals surface area contributed by atoms with Crippen molar-refractivity contribution in [2.75, 3.05) is 10.2 Å². The van der Waals surface area contributed by atoms with Crippen LogP contribution in [-0.4, -0.2) is 27.6 Å². The number of nitrogens with one attached hydrogen (secondary N) is 1. The minimum Gasteiger partial charge on any atom is -0.298 e. The predicted molar refractivity (Wildman–Crippen MR) is 105 cm³/mol. The van der Waals surface area contributed by atoms with E-state index in [0.29, 0.717) is 5.69 Å². The van der Waals surface area contributed by atoms with E-state index in [2.05, 4.69) is 10.3 Å². The van der Waals surface area contributed by atoms with Gasteiger partial charge in [-0.3, -0.25) is 29.8 Å². The minimum absolute atomic E-state index is 0.0612. The van der Waals surface area contributed by atoms with Gasteiger partial charge in [-0.1, -0.05) is 18.2 Å². The zero-order valence-corrected chi connectivity index (χ0v) is 15.7. The van der Waals surface area contributed by atoms with Gasteiger partial charge in [0.2, 0.25) is 0 Å². The maximum absolute atomic E-state index is 12.9. The molecule has 3 aromatic rings. The summed E-state index contributed by atoms with van der Waals surface area (Å²) >= 11 is 0.718. The number of rotatable bonds is 4. The van der Waals surface area contributed by atoms with E-state index in [0.717, 1.165) is 28.0 Å². The van der Waals surface area contributed by atoms with Crippen molar-refractivity contribution in [3.8, 4) is 0 Å². The van der Waals surface area contributed by atoms with E-state index < -0.39 is 22.6 Å². The van der Waals surface area contributed by atoms with Crippen molar-refractivity contribution < 1.29 is 19.3 Å². The van der Waals surface area contributed by atoms with E-state index in [1.807, 2.05) is 6.07 Å². The Balaban J connectivity index is 1.62. The van der Waals surface area contributed by atoms with Crippen LogP contribution in [0.25, 0.3) is 0 Å². The van der Waals surface area contributed by atoms with Gasteiger partial charge >= 0.3 is 5.00 Å². The van der Waals surface area contributed by atoms with Crippen molar-refractivity contribution >= 4 is 44.9 Å². The average Bonchev–Trinajstić information content (AvgIpc) is 3.26. The van der Waals surface area contributed by atoms with Gasteiger partial charge < -0.3 is 0 Å². The highest BCUT2D eigenvalue weighted by Crippen LogP contribution is 2.31. The van der Waals surface area contributed by atoms with Gasteiger partial charge in [-0.25, -0.2) is 9.88 Å². The number of hydrogen-bond acceptors (Lipinski definition) is 7. The van der Waals surface area contributed by atoms with Crippen LogP contribution in [0.3, 0.4) is 0 Å². The minimum atomic E-state index is -0.604. The van der Waals surface area contributed by atoms with Crippen molar-refractivity contribution in [3.05, 3.63) is 81.0 Å². The highest BCUT2D eigenvalue weighted by molar-refractivity contribution is 7.18. The summed E-state index contributed by atoms with van der Waals surface area (Å²) in [7, 11) is 0. The number of benzene rings is 2. The topological polar surface area (TPSA) is 123 Å². The second kappa shape index (κ2) is 6.91. The van der Waals surface area contributed by atoms with Gasteiger partial charge in [-0.05, 0) is 48.1 Å². The van der Waals surface area contributed by atoms with Crippen molar-refractivity contribution in [1.82, 2.24) is 4.98 Å². The van der Waals surface area contributed by atoms with Gasteiger partial charge in [0.15, 0.2) is 5.13 Å². The summed E-state index contributed by atoms with van der Waals surface area (Å²) in [5.41, 5.74) is 1.72. The monoisotopic (exact) mass is 408 g/mol. The molecule has 29 heavy (non-hydrogen) atoms. The molecule has 0 fully saturated rings. The lowest BCUT2D eigenvalue weighted by molar-refractivity contribution is -0.380.